The van der Waals surface area contributed by atoms with Crippen molar-refractivity contribution in [3.05, 3.63) is 35.9 Å². The first-order valence-corrected chi connectivity index (χ1v) is 8.52. The quantitative estimate of drug-likeness (QED) is 0.800. The van der Waals surface area contributed by atoms with Gasteiger partial charge in [0.25, 0.3) is 5.91 Å². The van der Waals surface area contributed by atoms with Crippen LogP contribution in [0.1, 0.15) is 32.3 Å². The fraction of sp³-hybridized carbons (Fsp3) is 0.611. The molecule has 5 heteroatoms. The second-order valence-electron chi connectivity index (χ2n) is 6.26. The van der Waals surface area contributed by atoms with Crippen molar-refractivity contribution < 1.29 is 9.53 Å². The van der Waals surface area contributed by atoms with Crippen LogP contribution in [0.5, 0.6) is 0 Å². The fourth-order valence-corrected chi connectivity index (χ4v) is 2.95. The van der Waals surface area contributed by atoms with Gasteiger partial charge in [0.15, 0.2) is 0 Å². The summed E-state index contributed by atoms with van der Waals surface area (Å²) in [5, 5.41) is 3.12. The van der Waals surface area contributed by atoms with Gasteiger partial charge < -0.3 is 15.8 Å². The molecular weight excluding hydrogens is 290 g/mol. The Bertz CT molecular complexity index is 480. The molecule has 1 aromatic rings. The number of carbonyl (C=O) groups excluding carboxylic acids is 1. The standard InChI is InChI=1S/C18H29N3O2/c1-3-18(4-2,14-19)20-17(22)16-13-21(10-11-23-16)12-15-8-6-5-7-9-15/h5-9,16H,3-4,10-14,19H2,1-2H3,(H,20,22). The van der Waals surface area contributed by atoms with Gasteiger partial charge in [0, 0.05) is 26.2 Å². The van der Waals surface area contributed by atoms with E-state index in [-0.39, 0.29) is 11.4 Å². The molecule has 1 unspecified atom stereocenters. The van der Waals surface area contributed by atoms with E-state index in [4.69, 9.17) is 10.5 Å². The number of hydrogen-bond acceptors (Lipinski definition) is 4. The van der Waals surface area contributed by atoms with Gasteiger partial charge in [-0.3, -0.25) is 9.69 Å². The molecule has 2 rings (SSSR count). The molecule has 1 amide bonds. The smallest absolute Gasteiger partial charge is 0.250 e. The summed E-state index contributed by atoms with van der Waals surface area (Å²) in [6.07, 6.45) is 1.23. The van der Waals surface area contributed by atoms with Gasteiger partial charge in [-0.1, -0.05) is 44.2 Å². The van der Waals surface area contributed by atoms with Gasteiger partial charge in [-0.05, 0) is 18.4 Å². The minimum atomic E-state index is -0.420. The average Bonchev–Trinajstić information content (AvgIpc) is 2.61. The largest absolute Gasteiger partial charge is 0.366 e. The lowest BCUT2D eigenvalue weighted by molar-refractivity contribution is -0.140. The third-order valence-corrected chi connectivity index (χ3v) is 4.82. The summed E-state index contributed by atoms with van der Waals surface area (Å²) in [6, 6.07) is 10.3. The van der Waals surface area contributed by atoms with E-state index in [0.717, 1.165) is 25.9 Å². The molecule has 3 N–H and O–H groups in total. The Hall–Kier alpha value is -1.43. The lowest BCUT2D eigenvalue weighted by Gasteiger charge is -2.36. The van der Waals surface area contributed by atoms with Crippen molar-refractivity contribution >= 4 is 5.91 Å². The molecule has 1 saturated heterocycles. The van der Waals surface area contributed by atoms with E-state index in [9.17, 15) is 4.79 Å². The Morgan fingerprint density at radius 1 is 1.35 bits per heavy atom. The zero-order chi connectivity index (χ0) is 16.7. The lowest BCUT2D eigenvalue weighted by atomic mass is 9.92. The summed E-state index contributed by atoms with van der Waals surface area (Å²) >= 11 is 0. The normalized spacial score (nSPS) is 19.5. The van der Waals surface area contributed by atoms with E-state index in [2.05, 4.69) is 36.2 Å². The molecule has 128 valence electrons. The Kier molecular flexibility index (Phi) is 6.57. The molecule has 1 fully saturated rings. The topological polar surface area (TPSA) is 67.6 Å². The van der Waals surface area contributed by atoms with Crippen LogP contribution >= 0.6 is 0 Å². The van der Waals surface area contributed by atoms with Crippen LogP contribution in [0.15, 0.2) is 30.3 Å². The van der Waals surface area contributed by atoms with Crippen molar-refractivity contribution in [1.29, 1.82) is 0 Å². The number of hydrogen-bond donors (Lipinski definition) is 2. The first kappa shape index (κ1) is 17.9. The molecule has 0 radical (unpaired) electrons. The molecule has 0 spiro atoms. The second-order valence-corrected chi connectivity index (χ2v) is 6.26. The third kappa shape index (κ3) is 4.77. The van der Waals surface area contributed by atoms with Crippen LogP contribution in [0.4, 0.5) is 0 Å². The number of nitrogens with zero attached hydrogens (tertiary/aromatic N) is 1. The van der Waals surface area contributed by atoms with E-state index < -0.39 is 6.10 Å². The molecule has 1 atom stereocenters. The summed E-state index contributed by atoms with van der Waals surface area (Å²) in [7, 11) is 0. The van der Waals surface area contributed by atoms with E-state index in [1.54, 1.807) is 0 Å². The van der Waals surface area contributed by atoms with E-state index in [1.165, 1.54) is 5.56 Å². The van der Waals surface area contributed by atoms with Crippen LogP contribution in [-0.2, 0) is 16.1 Å². The van der Waals surface area contributed by atoms with Crippen molar-refractivity contribution in [1.82, 2.24) is 10.2 Å². The van der Waals surface area contributed by atoms with Crippen LogP contribution in [0.25, 0.3) is 0 Å². The number of morpholine rings is 1. The van der Waals surface area contributed by atoms with E-state index in [1.807, 2.05) is 18.2 Å². The number of amides is 1. The second kappa shape index (κ2) is 8.43. The fourth-order valence-electron chi connectivity index (χ4n) is 2.95. The molecule has 0 bridgehead atoms. The average molecular weight is 319 g/mol. The predicted octanol–water partition coefficient (Wildman–Crippen LogP) is 1.52. The summed E-state index contributed by atoms with van der Waals surface area (Å²) in [5.74, 6) is -0.0445. The Balaban J connectivity index is 1.93. The maximum atomic E-state index is 12.6. The number of rotatable bonds is 7. The predicted molar refractivity (Wildman–Crippen MR) is 92.0 cm³/mol. The number of nitrogens with one attached hydrogen (secondary N) is 1. The van der Waals surface area contributed by atoms with Gasteiger partial charge >= 0.3 is 0 Å². The van der Waals surface area contributed by atoms with Crippen LogP contribution in [-0.4, -0.2) is 48.7 Å². The van der Waals surface area contributed by atoms with Crippen LogP contribution in [0.2, 0.25) is 0 Å². The maximum absolute atomic E-state index is 12.6. The zero-order valence-electron chi connectivity index (χ0n) is 14.3. The molecule has 1 aromatic carbocycles. The van der Waals surface area contributed by atoms with E-state index >= 15 is 0 Å². The van der Waals surface area contributed by atoms with Crippen molar-refractivity contribution in [3.8, 4) is 0 Å². The Morgan fingerprint density at radius 3 is 2.65 bits per heavy atom. The Morgan fingerprint density at radius 2 is 2.04 bits per heavy atom. The van der Waals surface area contributed by atoms with Crippen molar-refractivity contribution in [3.63, 3.8) is 0 Å². The van der Waals surface area contributed by atoms with Gasteiger partial charge in [0.2, 0.25) is 0 Å². The third-order valence-electron chi connectivity index (χ3n) is 4.82. The first-order valence-electron chi connectivity index (χ1n) is 8.52. The number of benzene rings is 1. The molecular formula is C18H29N3O2. The number of carbonyl (C=O) groups is 1. The van der Waals surface area contributed by atoms with Crippen molar-refractivity contribution in [2.24, 2.45) is 5.73 Å². The van der Waals surface area contributed by atoms with Gasteiger partial charge in [-0.2, -0.15) is 0 Å². The highest BCUT2D eigenvalue weighted by Gasteiger charge is 2.32. The number of ether oxygens (including phenoxy) is 1. The molecule has 0 saturated carbocycles. The van der Waals surface area contributed by atoms with Gasteiger partial charge in [-0.15, -0.1) is 0 Å². The van der Waals surface area contributed by atoms with Crippen LogP contribution in [0.3, 0.4) is 0 Å². The molecule has 1 aliphatic heterocycles. The van der Waals surface area contributed by atoms with Gasteiger partial charge in [0.1, 0.15) is 6.10 Å². The summed E-state index contributed by atoms with van der Waals surface area (Å²) in [4.78, 5) is 14.8. The monoisotopic (exact) mass is 319 g/mol. The summed E-state index contributed by atoms with van der Waals surface area (Å²) in [6.45, 7) is 7.46. The molecule has 23 heavy (non-hydrogen) atoms. The SMILES string of the molecule is CCC(CC)(CN)NC(=O)C1CN(Cc2ccccc2)CCO1. The van der Waals surface area contributed by atoms with Crippen molar-refractivity contribution in [2.75, 3.05) is 26.2 Å². The lowest BCUT2D eigenvalue weighted by Crippen LogP contribution is -2.58. The number of nitrogens with two attached hydrogens (primary N) is 1. The summed E-state index contributed by atoms with van der Waals surface area (Å²) in [5.41, 5.74) is 6.81. The Labute approximate surface area is 139 Å². The minimum Gasteiger partial charge on any atom is -0.366 e. The maximum Gasteiger partial charge on any atom is 0.250 e. The molecule has 0 aromatic heterocycles. The van der Waals surface area contributed by atoms with Crippen LogP contribution in [0, 0.1) is 0 Å². The first-order chi connectivity index (χ1) is 11.1. The molecule has 1 aliphatic rings. The molecule has 5 nitrogen and oxygen atoms in total. The summed E-state index contributed by atoms with van der Waals surface area (Å²) < 4.78 is 5.69. The highest BCUT2D eigenvalue weighted by atomic mass is 16.5. The highest BCUT2D eigenvalue weighted by molar-refractivity contribution is 5.82. The van der Waals surface area contributed by atoms with Gasteiger partial charge in [-0.25, -0.2) is 0 Å². The highest BCUT2D eigenvalue weighted by Crippen LogP contribution is 2.16. The molecule has 1 heterocycles. The molecule has 0 aliphatic carbocycles. The van der Waals surface area contributed by atoms with Crippen LogP contribution < -0.4 is 11.1 Å². The zero-order valence-corrected chi connectivity index (χ0v) is 14.3. The van der Waals surface area contributed by atoms with Gasteiger partial charge in [0.05, 0.1) is 12.1 Å². The van der Waals surface area contributed by atoms with Crippen molar-refractivity contribution in [2.45, 2.75) is 44.9 Å². The van der Waals surface area contributed by atoms with E-state index in [0.29, 0.717) is 19.7 Å². The minimum absolute atomic E-state index is 0.0445.